The maximum Gasteiger partial charge on any atom is -0.00260 e. The number of hydrogen-bond acceptors (Lipinski definition) is 1. The maximum atomic E-state index is 3.22. The van der Waals surface area contributed by atoms with Crippen molar-refractivity contribution in [1.29, 1.82) is 0 Å². The van der Waals surface area contributed by atoms with Crippen LogP contribution in [0.25, 0.3) is 0 Å². The molecule has 1 atom stereocenters. The lowest BCUT2D eigenvalue weighted by Crippen LogP contribution is -2.16. The normalized spacial score (nSPS) is 12.8. The first-order valence-corrected chi connectivity index (χ1v) is 5.43. The summed E-state index contributed by atoms with van der Waals surface area (Å²) in [6, 6.07) is 8.67. The van der Waals surface area contributed by atoms with Gasteiger partial charge in [0.2, 0.25) is 0 Å². The summed E-state index contributed by atoms with van der Waals surface area (Å²) in [4.78, 5) is 0. The lowest BCUT2D eigenvalue weighted by Gasteiger charge is -2.11. The largest absolute Gasteiger partial charge is 0.319 e. The molecule has 78 valence electrons. The lowest BCUT2D eigenvalue weighted by atomic mass is 9.98. The minimum Gasteiger partial charge on any atom is -0.319 e. The van der Waals surface area contributed by atoms with E-state index in [1.54, 1.807) is 0 Å². The zero-order valence-electron chi connectivity index (χ0n) is 9.51. The predicted molar refractivity (Wildman–Crippen MR) is 62.6 cm³/mol. The van der Waals surface area contributed by atoms with E-state index in [2.05, 4.69) is 43.4 Å². The van der Waals surface area contributed by atoms with Gasteiger partial charge in [0.15, 0.2) is 0 Å². The predicted octanol–water partition coefficient (Wildman–Crippen LogP) is 2.78. The summed E-state index contributed by atoms with van der Waals surface area (Å²) in [5.74, 6) is 0.764. The number of rotatable bonds is 5. The fraction of sp³-hybridized carbons (Fsp3) is 0.538. The molecule has 1 nitrogen and oxygen atoms in total. The summed E-state index contributed by atoms with van der Waals surface area (Å²) in [7, 11) is 2.02. The third-order valence-electron chi connectivity index (χ3n) is 2.72. The quantitative estimate of drug-likeness (QED) is 0.754. The Hall–Kier alpha value is -0.820. The summed E-state index contributed by atoms with van der Waals surface area (Å²) in [6.07, 6.45) is 2.47. The molecule has 0 aromatic heterocycles. The average molecular weight is 191 g/mol. The molecule has 0 saturated heterocycles. The van der Waals surface area contributed by atoms with Gasteiger partial charge in [-0.05, 0) is 50.4 Å². The molecule has 0 heterocycles. The molecule has 1 aromatic carbocycles. The van der Waals surface area contributed by atoms with E-state index in [1.807, 2.05) is 7.05 Å². The van der Waals surface area contributed by atoms with Gasteiger partial charge >= 0.3 is 0 Å². The van der Waals surface area contributed by atoms with Gasteiger partial charge in [0.25, 0.3) is 0 Å². The highest BCUT2D eigenvalue weighted by Crippen LogP contribution is 2.12. The standard InChI is InChI=1S/C13H21N/c1-11(10-14-3)8-9-13-7-5-4-6-12(13)2/h4-7,11,14H,8-10H2,1-3H3. The number of hydrogen-bond donors (Lipinski definition) is 1. The number of nitrogens with one attached hydrogen (secondary N) is 1. The first kappa shape index (κ1) is 11.3. The Morgan fingerprint density at radius 3 is 2.64 bits per heavy atom. The van der Waals surface area contributed by atoms with Gasteiger partial charge in [-0.25, -0.2) is 0 Å². The third kappa shape index (κ3) is 3.51. The van der Waals surface area contributed by atoms with Crippen molar-refractivity contribution in [3.63, 3.8) is 0 Å². The van der Waals surface area contributed by atoms with Crippen molar-refractivity contribution in [2.75, 3.05) is 13.6 Å². The van der Waals surface area contributed by atoms with Crippen molar-refractivity contribution in [3.8, 4) is 0 Å². The van der Waals surface area contributed by atoms with E-state index in [4.69, 9.17) is 0 Å². The van der Waals surface area contributed by atoms with Gasteiger partial charge in [-0.2, -0.15) is 0 Å². The van der Waals surface area contributed by atoms with E-state index in [0.717, 1.165) is 12.5 Å². The first-order chi connectivity index (χ1) is 6.74. The van der Waals surface area contributed by atoms with Gasteiger partial charge in [0.1, 0.15) is 0 Å². The van der Waals surface area contributed by atoms with E-state index in [1.165, 1.54) is 24.0 Å². The van der Waals surface area contributed by atoms with E-state index < -0.39 is 0 Å². The molecule has 0 aliphatic carbocycles. The highest BCUT2D eigenvalue weighted by atomic mass is 14.8. The van der Waals surface area contributed by atoms with Gasteiger partial charge in [-0.3, -0.25) is 0 Å². The molecule has 0 saturated carbocycles. The summed E-state index contributed by atoms with van der Waals surface area (Å²) in [6.45, 7) is 5.61. The van der Waals surface area contributed by atoms with Crippen LogP contribution in [0.3, 0.4) is 0 Å². The van der Waals surface area contributed by atoms with E-state index in [-0.39, 0.29) is 0 Å². The van der Waals surface area contributed by atoms with E-state index >= 15 is 0 Å². The van der Waals surface area contributed by atoms with Crippen LogP contribution in [0.15, 0.2) is 24.3 Å². The first-order valence-electron chi connectivity index (χ1n) is 5.43. The second-order valence-corrected chi connectivity index (χ2v) is 4.13. The van der Waals surface area contributed by atoms with Gasteiger partial charge in [0.05, 0.1) is 0 Å². The van der Waals surface area contributed by atoms with Crippen molar-refractivity contribution in [3.05, 3.63) is 35.4 Å². The molecule has 0 fully saturated rings. The monoisotopic (exact) mass is 191 g/mol. The van der Waals surface area contributed by atoms with Crippen LogP contribution in [0.4, 0.5) is 0 Å². The van der Waals surface area contributed by atoms with Crippen LogP contribution in [-0.4, -0.2) is 13.6 Å². The minimum absolute atomic E-state index is 0.764. The van der Waals surface area contributed by atoms with Crippen molar-refractivity contribution in [1.82, 2.24) is 5.32 Å². The van der Waals surface area contributed by atoms with Crippen LogP contribution in [0.2, 0.25) is 0 Å². The minimum atomic E-state index is 0.764. The Morgan fingerprint density at radius 2 is 2.00 bits per heavy atom. The summed E-state index contributed by atoms with van der Waals surface area (Å²) < 4.78 is 0. The third-order valence-corrected chi connectivity index (χ3v) is 2.72. The molecule has 1 aromatic rings. The fourth-order valence-electron chi connectivity index (χ4n) is 1.74. The molecule has 1 N–H and O–H groups in total. The van der Waals surface area contributed by atoms with Gasteiger partial charge in [-0.1, -0.05) is 31.2 Å². The molecule has 1 heteroatoms. The zero-order chi connectivity index (χ0) is 10.4. The molecular formula is C13H21N. The molecule has 0 bridgehead atoms. The molecule has 0 aliphatic heterocycles. The highest BCUT2D eigenvalue weighted by molar-refractivity contribution is 5.25. The Morgan fingerprint density at radius 1 is 1.29 bits per heavy atom. The van der Waals surface area contributed by atoms with Crippen LogP contribution in [-0.2, 0) is 6.42 Å². The summed E-state index contributed by atoms with van der Waals surface area (Å²) in [5.41, 5.74) is 2.92. The zero-order valence-corrected chi connectivity index (χ0v) is 9.51. The van der Waals surface area contributed by atoms with Crippen LogP contribution < -0.4 is 5.32 Å². The Balaban J connectivity index is 2.41. The topological polar surface area (TPSA) is 12.0 Å². The Labute approximate surface area is 87.5 Å². The SMILES string of the molecule is CNCC(C)CCc1ccccc1C. The number of aryl methyl sites for hydroxylation is 2. The smallest absolute Gasteiger partial charge is 0.00260 e. The van der Waals surface area contributed by atoms with Gasteiger partial charge in [-0.15, -0.1) is 0 Å². The molecular weight excluding hydrogens is 170 g/mol. The van der Waals surface area contributed by atoms with Crippen molar-refractivity contribution >= 4 is 0 Å². The van der Waals surface area contributed by atoms with Crippen molar-refractivity contribution in [2.24, 2.45) is 5.92 Å². The average Bonchev–Trinajstić information content (AvgIpc) is 2.17. The number of benzene rings is 1. The molecule has 0 spiro atoms. The maximum absolute atomic E-state index is 3.22. The van der Waals surface area contributed by atoms with E-state index in [0.29, 0.717) is 0 Å². The highest BCUT2D eigenvalue weighted by Gasteiger charge is 2.02. The van der Waals surface area contributed by atoms with Gasteiger partial charge in [0, 0.05) is 0 Å². The molecule has 14 heavy (non-hydrogen) atoms. The van der Waals surface area contributed by atoms with E-state index in [9.17, 15) is 0 Å². The lowest BCUT2D eigenvalue weighted by molar-refractivity contribution is 0.504. The molecule has 0 radical (unpaired) electrons. The Kier molecular flexibility index (Phi) is 4.68. The van der Waals surface area contributed by atoms with Crippen LogP contribution in [0.1, 0.15) is 24.5 Å². The van der Waals surface area contributed by atoms with Crippen molar-refractivity contribution in [2.45, 2.75) is 26.7 Å². The Bertz CT molecular complexity index is 268. The van der Waals surface area contributed by atoms with Crippen molar-refractivity contribution < 1.29 is 0 Å². The summed E-state index contributed by atoms with van der Waals surface area (Å²) in [5, 5.41) is 3.22. The fourth-order valence-corrected chi connectivity index (χ4v) is 1.74. The second kappa shape index (κ2) is 5.82. The molecule has 1 rings (SSSR count). The van der Waals surface area contributed by atoms with Crippen LogP contribution >= 0.6 is 0 Å². The van der Waals surface area contributed by atoms with Crippen LogP contribution in [0, 0.1) is 12.8 Å². The second-order valence-electron chi connectivity index (χ2n) is 4.13. The van der Waals surface area contributed by atoms with Crippen LogP contribution in [0.5, 0.6) is 0 Å². The molecule has 1 unspecified atom stereocenters. The molecule has 0 amide bonds. The summed E-state index contributed by atoms with van der Waals surface area (Å²) >= 11 is 0. The molecule has 0 aliphatic rings. The van der Waals surface area contributed by atoms with Gasteiger partial charge < -0.3 is 5.32 Å².